The number of benzene rings is 2. The maximum absolute atomic E-state index is 9.57. The summed E-state index contributed by atoms with van der Waals surface area (Å²) in [4.78, 5) is 11.6. The van der Waals surface area contributed by atoms with Crippen LogP contribution in [0.2, 0.25) is 5.02 Å². The Labute approximate surface area is 199 Å². The van der Waals surface area contributed by atoms with Gasteiger partial charge in [-0.05, 0) is 54.8 Å². The molecule has 0 saturated carbocycles. The Balaban J connectivity index is 1.47. The molecule has 1 aromatic heterocycles. The molecule has 0 amide bonds. The zero-order valence-electron chi connectivity index (χ0n) is 19.0. The number of aromatic nitrogens is 2. The van der Waals surface area contributed by atoms with Gasteiger partial charge >= 0.3 is 0 Å². The number of methoxy groups -OCH3 is 1. The van der Waals surface area contributed by atoms with E-state index in [1.807, 2.05) is 18.2 Å². The molecule has 0 bridgehead atoms. The van der Waals surface area contributed by atoms with Crippen LogP contribution in [0, 0.1) is 0 Å². The van der Waals surface area contributed by atoms with Crippen LogP contribution in [-0.2, 0) is 13.0 Å². The lowest BCUT2D eigenvalue weighted by Crippen LogP contribution is -2.49. The second-order valence-electron chi connectivity index (χ2n) is 8.29. The third kappa shape index (κ3) is 5.93. The topological polar surface area (TPSA) is 82.5 Å². The number of hydrogen-bond acceptors (Lipinski definition) is 7. The summed E-state index contributed by atoms with van der Waals surface area (Å²) in [7, 11) is 1.68. The first-order valence-electron chi connectivity index (χ1n) is 11.2. The van der Waals surface area contributed by atoms with Gasteiger partial charge in [0.05, 0.1) is 17.8 Å². The van der Waals surface area contributed by atoms with E-state index < -0.39 is 0 Å². The number of rotatable bonds is 8. The van der Waals surface area contributed by atoms with Crippen molar-refractivity contribution >= 4 is 17.5 Å². The van der Waals surface area contributed by atoms with Gasteiger partial charge < -0.3 is 20.5 Å². The summed E-state index contributed by atoms with van der Waals surface area (Å²) in [5.74, 6) is 1.43. The molecule has 3 N–H and O–H groups in total. The Morgan fingerprint density at radius 1 is 1.21 bits per heavy atom. The highest BCUT2D eigenvalue weighted by Gasteiger charge is 2.19. The number of anilines is 1. The molecule has 4 rings (SSSR count). The summed E-state index contributed by atoms with van der Waals surface area (Å²) >= 11 is 6.00. The minimum Gasteiger partial charge on any atom is -0.506 e. The number of hydrogen-bond donors (Lipinski definition) is 3. The van der Waals surface area contributed by atoms with Crippen molar-refractivity contribution in [1.29, 1.82) is 0 Å². The van der Waals surface area contributed by atoms with Crippen LogP contribution in [0.4, 0.5) is 5.95 Å². The van der Waals surface area contributed by atoms with Crippen molar-refractivity contribution in [2.24, 2.45) is 0 Å². The number of halogens is 1. The molecule has 1 fully saturated rings. The average molecular weight is 468 g/mol. The smallest absolute Gasteiger partial charge is 0.223 e. The van der Waals surface area contributed by atoms with Crippen LogP contribution in [-0.4, -0.2) is 59.3 Å². The van der Waals surface area contributed by atoms with E-state index >= 15 is 0 Å². The highest BCUT2D eigenvalue weighted by Crippen LogP contribution is 2.31. The SMILES string of the molecule is COc1ccc(CN2CCNCC2C)cc1-c1ccnc(NCCc2ccc(O)c(Cl)c2)n1. The molecule has 1 aliphatic rings. The van der Waals surface area contributed by atoms with Gasteiger partial charge in [0.2, 0.25) is 5.95 Å². The van der Waals surface area contributed by atoms with E-state index in [-0.39, 0.29) is 5.75 Å². The van der Waals surface area contributed by atoms with Crippen LogP contribution in [0.3, 0.4) is 0 Å². The van der Waals surface area contributed by atoms with Crippen molar-refractivity contribution in [3.63, 3.8) is 0 Å². The molecule has 1 saturated heterocycles. The first-order valence-corrected chi connectivity index (χ1v) is 11.6. The molecule has 0 radical (unpaired) electrons. The van der Waals surface area contributed by atoms with Gasteiger partial charge in [0.15, 0.2) is 0 Å². The van der Waals surface area contributed by atoms with Crippen LogP contribution >= 0.6 is 11.6 Å². The molecule has 8 heteroatoms. The maximum atomic E-state index is 9.57. The molecule has 174 valence electrons. The van der Waals surface area contributed by atoms with Gasteiger partial charge in [-0.1, -0.05) is 23.7 Å². The minimum atomic E-state index is 0.0898. The zero-order chi connectivity index (χ0) is 23.2. The van der Waals surface area contributed by atoms with E-state index in [0.29, 0.717) is 23.6 Å². The molecule has 3 aromatic rings. The molecule has 33 heavy (non-hydrogen) atoms. The molecule has 0 spiro atoms. The number of nitrogens with zero attached hydrogens (tertiary/aromatic N) is 3. The lowest BCUT2D eigenvalue weighted by Gasteiger charge is -2.34. The van der Waals surface area contributed by atoms with E-state index in [2.05, 4.69) is 39.6 Å². The van der Waals surface area contributed by atoms with Crippen molar-refractivity contribution < 1.29 is 9.84 Å². The molecule has 2 aromatic carbocycles. The largest absolute Gasteiger partial charge is 0.506 e. The first-order chi connectivity index (χ1) is 16.0. The summed E-state index contributed by atoms with van der Waals surface area (Å²) in [5, 5.41) is 16.6. The van der Waals surface area contributed by atoms with Gasteiger partial charge in [0, 0.05) is 50.5 Å². The third-order valence-corrected chi connectivity index (χ3v) is 6.23. The van der Waals surface area contributed by atoms with Gasteiger partial charge in [-0.15, -0.1) is 0 Å². The van der Waals surface area contributed by atoms with Gasteiger partial charge in [-0.25, -0.2) is 9.97 Å². The molecule has 7 nitrogen and oxygen atoms in total. The van der Waals surface area contributed by atoms with Gasteiger partial charge in [-0.3, -0.25) is 4.90 Å². The van der Waals surface area contributed by atoms with Crippen molar-refractivity contribution in [2.45, 2.75) is 25.9 Å². The third-order valence-electron chi connectivity index (χ3n) is 5.93. The Morgan fingerprint density at radius 3 is 2.85 bits per heavy atom. The van der Waals surface area contributed by atoms with Crippen LogP contribution < -0.4 is 15.4 Å². The molecule has 1 unspecified atom stereocenters. The van der Waals surface area contributed by atoms with E-state index in [4.69, 9.17) is 21.3 Å². The summed E-state index contributed by atoms with van der Waals surface area (Å²) < 4.78 is 5.63. The summed E-state index contributed by atoms with van der Waals surface area (Å²) in [6.07, 6.45) is 2.49. The predicted molar refractivity (Wildman–Crippen MR) is 132 cm³/mol. The molecular weight excluding hydrogens is 438 g/mol. The lowest BCUT2D eigenvalue weighted by molar-refractivity contribution is 0.165. The minimum absolute atomic E-state index is 0.0898. The Kier molecular flexibility index (Phi) is 7.65. The van der Waals surface area contributed by atoms with Crippen LogP contribution in [0.25, 0.3) is 11.3 Å². The zero-order valence-corrected chi connectivity index (χ0v) is 19.8. The second-order valence-corrected chi connectivity index (χ2v) is 8.69. The maximum Gasteiger partial charge on any atom is 0.223 e. The lowest BCUT2D eigenvalue weighted by atomic mass is 10.0. The van der Waals surface area contributed by atoms with E-state index in [1.54, 1.807) is 25.4 Å². The highest BCUT2D eigenvalue weighted by atomic mass is 35.5. The number of aromatic hydroxyl groups is 1. The van der Waals surface area contributed by atoms with Gasteiger partial charge in [0.25, 0.3) is 0 Å². The van der Waals surface area contributed by atoms with Gasteiger partial charge in [-0.2, -0.15) is 0 Å². The van der Waals surface area contributed by atoms with Crippen molar-refractivity contribution in [1.82, 2.24) is 20.2 Å². The second kappa shape index (κ2) is 10.8. The summed E-state index contributed by atoms with van der Waals surface area (Å²) in [5.41, 5.74) is 4.02. The Bertz CT molecular complexity index is 1090. The van der Waals surface area contributed by atoms with Crippen molar-refractivity contribution in [3.05, 3.63) is 64.8 Å². The molecular formula is C25H30ClN5O2. The fraction of sp³-hybridized carbons (Fsp3) is 0.360. The quantitative estimate of drug-likeness (QED) is 0.462. The van der Waals surface area contributed by atoms with Crippen LogP contribution in [0.1, 0.15) is 18.1 Å². The molecule has 2 heterocycles. The number of ether oxygens (including phenoxy) is 1. The number of piperazine rings is 1. The normalized spacial score (nSPS) is 16.5. The van der Waals surface area contributed by atoms with Crippen LogP contribution in [0.5, 0.6) is 11.5 Å². The average Bonchev–Trinajstić information content (AvgIpc) is 2.83. The number of phenolic OH excluding ortho intramolecular Hbond substituents is 1. The standard InChI is InChI=1S/C25H30ClN5O2/c1-17-15-27-11-12-31(17)16-19-4-6-24(33-2)20(13-19)22-8-10-29-25(30-22)28-9-7-18-3-5-23(32)21(26)14-18/h3-6,8,10,13-14,17,27,32H,7,9,11-12,15-16H2,1-2H3,(H,28,29,30). The van der Waals surface area contributed by atoms with Crippen LogP contribution in [0.15, 0.2) is 48.7 Å². The van der Waals surface area contributed by atoms with Crippen molar-refractivity contribution in [2.75, 3.05) is 38.6 Å². The molecule has 1 atom stereocenters. The molecule has 0 aliphatic carbocycles. The number of phenols is 1. The fourth-order valence-corrected chi connectivity index (χ4v) is 4.23. The Morgan fingerprint density at radius 2 is 2.06 bits per heavy atom. The molecule has 1 aliphatic heterocycles. The van der Waals surface area contributed by atoms with Crippen molar-refractivity contribution in [3.8, 4) is 22.8 Å². The first kappa shape index (κ1) is 23.3. The highest BCUT2D eigenvalue weighted by molar-refractivity contribution is 6.32. The number of nitrogens with one attached hydrogen (secondary N) is 2. The van der Waals surface area contributed by atoms with E-state index in [9.17, 15) is 5.11 Å². The Hall–Kier alpha value is -2.87. The van der Waals surface area contributed by atoms with E-state index in [1.165, 1.54) is 5.56 Å². The predicted octanol–water partition coefficient (Wildman–Crippen LogP) is 3.96. The monoisotopic (exact) mass is 467 g/mol. The van der Waals surface area contributed by atoms with E-state index in [0.717, 1.165) is 55.2 Å². The summed E-state index contributed by atoms with van der Waals surface area (Å²) in [6.45, 7) is 6.86. The fourth-order valence-electron chi connectivity index (χ4n) is 4.02. The van der Waals surface area contributed by atoms with Gasteiger partial charge in [0.1, 0.15) is 11.5 Å². The summed E-state index contributed by atoms with van der Waals surface area (Å²) in [6, 6.07) is 13.9.